The van der Waals surface area contributed by atoms with Crippen molar-refractivity contribution in [3.05, 3.63) is 12.2 Å². The van der Waals surface area contributed by atoms with Gasteiger partial charge in [0.05, 0.1) is 0 Å². The van der Waals surface area contributed by atoms with Gasteiger partial charge in [0, 0.05) is 19.0 Å². The van der Waals surface area contributed by atoms with E-state index in [2.05, 4.69) is 15.5 Å². The molecular formula is C16H27N3O. The molecule has 112 valence electrons. The van der Waals surface area contributed by atoms with Gasteiger partial charge in [-0.25, -0.2) is 0 Å². The summed E-state index contributed by atoms with van der Waals surface area (Å²) in [6.45, 7) is 0.980. The molecule has 2 aliphatic rings. The molecule has 2 unspecified atom stereocenters. The lowest BCUT2D eigenvalue weighted by atomic mass is 9.71. The first kappa shape index (κ1) is 14.1. The van der Waals surface area contributed by atoms with Crippen LogP contribution in [0.4, 0.5) is 0 Å². The van der Waals surface area contributed by atoms with Crippen LogP contribution < -0.4 is 5.32 Å². The molecule has 20 heavy (non-hydrogen) atoms. The van der Waals surface area contributed by atoms with Gasteiger partial charge in [0.1, 0.15) is 0 Å². The van der Waals surface area contributed by atoms with Gasteiger partial charge < -0.3 is 9.84 Å². The van der Waals surface area contributed by atoms with Crippen LogP contribution in [0.15, 0.2) is 10.9 Å². The van der Waals surface area contributed by atoms with E-state index >= 15 is 0 Å². The van der Waals surface area contributed by atoms with Crippen molar-refractivity contribution in [3.8, 4) is 0 Å². The summed E-state index contributed by atoms with van der Waals surface area (Å²) in [7, 11) is 0. The van der Waals surface area contributed by atoms with Crippen LogP contribution in [0.2, 0.25) is 0 Å². The Bertz CT molecular complexity index is 373. The third-order valence-electron chi connectivity index (χ3n) is 5.24. The Labute approximate surface area is 121 Å². The number of nitrogens with one attached hydrogen (secondary N) is 1. The highest BCUT2D eigenvalue weighted by molar-refractivity contribution is 4.88. The van der Waals surface area contributed by atoms with Gasteiger partial charge in [0.15, 0.2) is 5.82 Å². The lowest BCUT2D eigenvalue weighted by Crippen LogP contribution is -2.43. The van der Waals surface area contributed by atoms with Gasteiger partial charge in [-0.3, -0.25) is 0 Å². The molecule has 0 radical (unpaired) electrons. The molecule has 0 saturated heterocycles. The maximum Gasteiger partial charge on any atom is 0.213 e. The second-order valence-electron chi connectivity index (χ2n) is 6.50. The minimum atomic E-state index is 0.721. The summed E-state index contributed by atoms with van der Waals surface area (Å²) >= 11 is 0. The summed E-state index contributed by atoms with van der Waals surface area (Å²) in [5.41, 5.74) is 0. The van der Waals surface area contributed by atoms with Crippen LogP contribution in [0.1, 0.15) is 63.6 Å². The fraction of sp³-hybridized carbons (Fsp3) is 0.875. The van der Waals surface area contributed by atoms with Gasteiger partial charge in [-0.1, -0.05) is 50.1 Å². The van der Waals surface area contributed by atoms with Crippen molar-refractivity contribution < 1.29 is 4.52 Å². The van der Waals surface area contributed by atoms with Crippen LogP contribution >= 0.6 is 0 Å². The predicted molar refractivity (Wildman–Crippen MR) is 78.3 cm³/mol. The molecule has 3 rings (SSSR count). The highest BCUT2D eigenvalue weighted by Crippen LogP contribution is 2.38. The Kier molecular flexibility index (Phi) is 5.06. The van der Waals surface area contributed by atoms with Gasteiger partial charge in [0.2, 0.25) is 6.39 Å². The van der Waals surface area contributed by atoms with Gasteiger partial charge in [-0.05, 0) is 24.7 Å². The summed E-state index contributed by atoms with van der Waals surface area (Å²) in [4.78, 5) is 4.09. The predicted octanol–water partition coefficient (Wildman–Crippen LogP) is 3.34. The Balaban J connectivity index is 1.49. The number of aromatic nitrogens is 2. The van der Waals surface area contributed by atoms with Crippen molar-refractivity contribution >= 4 is 0 Å². The lowest BCUT2D eigenvalue weighted by molar-refractivity contribution is 0.150. The molecule has 4 heteroatoms. The average molecular weight is 277 g/mol. The standard InChI is InChI=1S/C16H27N3O/c1-2-6-13(7-3-1)14-8-4-5-9-15(14)17-11-10-16-18-12-20-19-16/h12-15,17H,1-11H2. The lowest BCUT2D eigenvalue weighted by Gasteiger charge is -2.39. The quantitative estimate of drug-likeness (QED) is 0.897. The first-order chi connectivity index (χ1) is 9.93. The Hall–Kier alpha value is -0.900. The van der Waals surface area contributed by atoms with Gasteiger partial charge in [-0.2, -0.15) is 4.98 Å². The van der Waals surface area contributed by atoms with Gasteiger partial charge >= 0.3 is 0 Å². The van der Waals surface area contributed by atoms with E-state index in [0.29, 0.717) is 0 Å². The summed E-state index contributed by atoms with van der Waals surface area (Å²) in [6, 6.07) is 0.721. The van der Waals surface area contributed by atoms with Gasteiger partial charge in [0.25, 0.3) is 0 Å². The Morgan fingerprint density at radius 1 is 1.05 bits per heavy atom. The highest BCUT2D eigenvalue weighted by atomic mass is 16.5. The van der Waals surface area contributed by atoms with E-state index in [4.69, 9.17) is 4.52 Å². The third-order valence-corrected chi connectivity index (χ3v) is 5.24. The van der Waals surface area contributed by atoms with Crippen LogP contribution in [0.5, 0.6) is 0 Å². The van der Waals surface area contributed by atoms with Crippen LogP contribution in [0.3, 0.4) is 0 Å². The molecule has 0 aromatic carbocycles. The summed E-state index contributed by atoms with van der Waals surface area (Å²) in [6.07, 6.45) is 15.2. The fourth-order valence-corrected chi connectivity index (χ4v) is 4.21. The minimum Gasteiger partial charge on any atom is -0.343 e. The molecule has 1 N–H and O–H groups in total. The van der Waals surface area contributed by atoms with Crippen LogP contribution in [0.25, 0.3) is 0 Å². The van der Waals surface area contributed by atoms with Crippen LogP contribution in [-0.4, -0.2) is 22.7 Å². The second kappa shape index (κ2) is 7.21. The molecule has 0 amide bonds. The van der Waals surface area contributed by atoms with Crippen LogP contribution in [-0.2, 0) is 6.42 Å². The largest absolute Gasteiger partial charge is 0.343 e. The molecule has 0 spiro atoms. The van der Waals surface area contributed by atoms with Crippen molar-refractivity contribution in [3.63, 3.8) is 0 Å². The van der Waals surface area contributed by atoms with Crippen molar-refractivity contribution in [2.24, 2.45) is 11.8 Å². The molecule has 1 heterocycles. The van der Waals surface area contributed by atoms with Crippen molar-refractivity contribution in [1.29, 1.82) is 0 Å². The normalized spacial score (nSPS) is 28.6. The van der Waals surface area contributed by atoms with E-state index in [9.17, 15) is 0 Å². The number of hydrogen-bond donors (Lipinski definition) is 1. The van der Waals surface area contributed by atoms with E-state index in [1.165, 1.54) is 64.2 Å². The van der Waals surface area contributed by atoms with E-state index < -0.39 is 0 Å². The molecule has 0 bridgehead atoms. The van der Waals surface area contributed by atoms with Gasteiger partial charge in [-0.15, -0.1) is 0 Å². The number of hydrogen-bond acceptors (Lipinski definition) is 4. The molecule has 1 aromatic rings. The van der Waals surface area contributed by atoms with E-state index in [0.717, 1.165) is 36.7 Å². The van der Waals surface area contributed by atoms with Crippen molar-refractivity contribution in [1.82, 2.24) is 15.5 Å². The minimum absolute atomic E-state index is 0.721. The summed E-state index contributed by atoms with van der Waals surface area (Å²) in [5, 5.41) is 7.67. The Morgan fingerprint density at radius 3 is 2.65 bits per heavy atom. The summed E-state index contributed by atoms with van der Waals surface area (Å²) in [5.74, 6) is 2.71. The smallest absolute Gasteiger partial charge is 0.213 e. The Morgan fingerprint density at radius 2 is 1.85 bits per heavy atom. The van der Waals surface area contributed by atoms with E-state index in [1.54, 1.807) is 0 Å². The molecule has 2 saturated carbocycles. The average Bonchev–Trinajstić information content (AvgIpc) is 3.02. The maximum absolute atomic E-state index is 4.78. The SMILES string of the molecule is c1nc(CCNC2CCCCC2C2CCCCC2)no1. The monoisotopic (exact) mass is 277 g/mol. The molecule has 2 atom stereocenters. The third kappa shape index (κ3) is 3.60. The fourth-order valence-electron chi connectivity index (χ4n) is 4.21. The molecule has 2 aliphatic carbocycles. The first-order valence-corrected chi connectivity index (χ1v) is 8.42. The van der Waals surface area contributed by atoms with E-state index in [-0.39, 0.29) is 0 Å². The molecule has 1 aromatic heterocycles. The zero-order valence-corrected chi connectivity index (χ0v) is 12.4. The first-order valence-electron chi connectivity index (χ1n) is 8.42. The number of nitrogens with zero attached hydrogens (tertiary/aromatic N) is 2. The topological polar surface area (TPSA) is 51.0 Å². The maximum atomic E-state index is 4.78. The molecular weight excluding hydrogens is 250 g/mol. The highest BCUT2D eigenvalue weighted by Gasteiger charge is 2.31. The van der Waals surface area contributed by atoms with Crippen molar-refractivity contribution in [2.75, 3.05) is 6.54 Å². The zero-order chi connectivity index (χ0) is 13.6. The van der Waals surface area contributed by atoms with Crippen molar-refractivity contribution in [2.45, 2.75) is 70.3 Å². The second-order valence-corrected chi connectivity index (χ2v) is 6.50. The molecule has 4 nitrogen and oxygen atoms in total. The van der Waals surface area contributed by atoms with Crippen LogP contribution in [0, 0.1) is 11.8 Å². The molecule has 0 aliphatic heterocycles. The number of rotatable bonds is 5. The summed E-state index contributed by atoms with van der Waals surface area (Å²) < 4.78 is 4.78. The zero-order valence-electron chi connectivity index (χ0n) is 12.4. The van der Waals surface area contributed by atoms with E-state index in [1.807, 2.05) is 0 Å². The molecule has 2 fully saturated rings.